The van der Waals surface area contributed by atoms with Crippen LogP contribution in [0.15, 0.2) is 162 Å². The largest absolute Gasteiger partial charge is 0.337 e. The number of aromatic nitrogens is 2. The van der Waals surface area contributed by atoms with Gasteiger partial charge in [0.15, 0.2) is 0 Å². The highest BCUT2D eigenvalue weighted by atomic mass is 32.1. The Morgan fingerprint density at radius 2 is 1.36 bits per heavy atom. The average molecular weight is 956 g/mol. The molecule has 1 fully saturated rings. The van der Waals surface area contributed by atoms with Crippen LogP contribution in [0.4, 0.5) is 17.1 Å². The second-order valence-corrected chi connectivity index (χ2v) is 40.6. The molecule has 1 saturated carbocycles. The molecule has 6 aliphatic carbocycles. The quantitative estimate of drug-likeness (QED) is 0.0922. The fraction of sp³-hybridized carbons (Fsp3) is 0.424. The molecule has 0 aliphatic heterocycles. The van der Waals surface area contributed by atoms with Gasteiger partial charge >= 0.3 is 0 Å². The lowest BCUT2D eigenvalue weighted by atomic mass is 9.55. The van der Waals surface area contributed by atoms with E-state index in [-0.39, 0.29) is 12.1 Å². The molecule has 0 amide bonds. The van der Waals surface area contributed by atoms with Gasteiger partial charge in [-0.3, -0.25) is 9.97 Å². The summed E-state index contributed by atoms with van der Waals surface area (Å²) in [4.78, 5) is 16.4. The van der Waals surface area contributed by atoms with Gasteiger partial charge in [0.2, 0.25) is 0 Å². The first kappa shape index (κ1) is 46.5. The van der Waals surface area contributed by atoms with E-state index in [1.54, 1.807) is 5.57 Å². The van der Waals surface area contributed by atoms with Crippen LogP contribution in [-0.2, 0) is 0 Å². The smallest absolute Gasteiger partial charge is 0.0775 e. The van der Waals surface area contributed by atoms with E-state index in [0.717, 1.165) is 34.4 Å². The average Bonchev–Trinajstić information content (AvgIpc) is 3.31. The molecule has 2 heterocycles. The first-order chi connectivity index (χ1) is 32.0. The van der Waals surface area contributed by atoms with Crippen molar-refractivity contribution >= 4 is 59.1 Å². The summed E-state index contributed by atoms with van der Waals surface area (Å²) < 4.78 is 0. The second-order valence-electron chi connectivity index (χ2n) is 24.0. The van der Waals surface area contributed by atoms with Gasteiger partial charge < -0.3 is 9.80 Å². The molecule has 9 atom stereocenters. The molecule has 10 rings (SSSR count). The van der Waals surface area contributed by atoms with Crippen LogP contribution in [-0.4, -0.2) is 46.3 Å². The van der Waals surface area contributed by atoms with Gasteiger partial charge in [-0.1, -0.05) is 143 Å². The van der Waals surface area contributed by atoms with Gasteiger partial charge in [-0.2, -0.15) is 0 Å². The molecule has 2 aromatic carbocycles. The topological polar surface area (TPSA) is 32.3 Å². The van der Waals surface area contributed by atoms with E-state index >= 15 is 0 Å². The van der Waals surface area contributed by atoms with Crippen LogP contribution in [0.2, 0.25) is 70.0 Å². The van der Waals surface area contributed by atoms with E-state index in [9.17, 15) is 0 Å². The van der Waals surface area contributed by atoms with Crippen molar-refractivity contribution in [2.75, 3.05) is 9.80 Å². The summed E-state index contributed by atoms with van der Waals surface area (Å²) in [5, 5.41) is 1.51. The van der Waals surface area contributed by atoms with Crippen LogP contribution < -0.4 is 15.0 Å². The maximum atomic E-state index is 5.05. The number of anilines is 3. The number of pyridine rings is 2. The zero-order chi connectivity index (χ0) is 46.8. The molecule has 67 heavy (non-hydrogen) atoms. The Balaban J connectivity index is 1.02. The normalized spacial score (nSPS) is 28.0. The maximum absolute atomic E-state index is 5.05. The number of nitrogens with zero attached hydrogens (tertiary/aromatic N) is 4. The van der Waals surface area contributed by atoms with E-state index in [2.05, 4.69) is 215 Å². The van der Waals surface area contributed by atoms with Crippen LogP contribution in [0.1, 0.15) is 56.4 Å². The first-order valence-corrected chi connectivity index (χ1v) is 36.7. The molecule has 4 nitrogen and oxygen atoms in total. The van der Waals surface area contributed by atoms with E-state index in [0.29, 0.717) is 29.6 Å². The van der Waals surface area contributed by atoms with Crippen LogP contribution in [0, 0.1) is 23.7 Å². The Bertz CT molecular complexity index is 2660. The van der Waals surface area contributed by atoms with Gasteiger partial charge in [0.25, 0.3) is 0 Å². The summed E-state index contributed by atoms with van der Waals surface area (Å²) in [6.07, 6.45) is 39.9. The van der Waals surface area contributed by atoms with Crippen molar-refractivity contribution in [3.8, 4) is 11.1 Å². The second kappa shape index (κ2) is 18.3. The minimum Gasteiger partial charge on any atom is -0.337 e. The molecule has 0 bridgehead atoms. The van der Waals surface area contributed by atoms with E-state index in [4.69, 9.17) is 9.97 Å². The van der Waals surface area contributed by atoms with Crippen molar-refractivity contribution in [1.29, 1.82) is 0 Å². The Hall–Kier alpha value is -4.22. The standard InChI is InChI=1S/C59H74N4SSi3/c1-65(2,3)51-24-12-41(13-25-51)45-35-49(39-61-37-45)63(47-20-28-53(29-21-47)67(7,8)9)57-33-17-43-14-30-54-56(32-16-42-15-31-55(57)59(43)58(42)54)62(46-18-26-52(27-19-46)66(4,5)6)48-34-44(36-60-38-48)40-10-22-50(64)23-11-40/h10-12,14-16,18,20-24,28-32,34-39,41,43,51-52,54,56-59,64H,13,17,19,25-27,33H2,1-9H3. The highest BCUT2D eigenvalue weighted by Gasteiger charge is 2.51. The number of hydrogen-bond acceptors (Lipinski definition) is 5. The van der Waals surface area contributed by atoms with E-state index < -0.39 is 24.2 Å². The summed E-state index contributed by atoms with van der Waals surface area (Å²) in [5.41, 5.74) is 13.5. The fourth-order valence-electron chi connectivity index (χ4n) is 12.8. The minimum atomic E-state index is -1.49. The summed E-state index contributed by atoms with van der Waals surface area (Å²) in [7, 11) is -4.00. The zero-order valence-corrected chi connectivity index (χ0v) is 45.6. The number of thiol groups is 1. The van der Waals surface area contributed by atoms with Crippen molar-refractivity contribution in [3.63, 3.8) is 0 Å². The van der Waals surface area contributed by atoms with Gasteiger partial charge in [-0.05, 0) is 132 Å². The molecule has 6 aliphatic rings. The van der Waals surface area contributed by atoms with Crippen molar-refractivity contribution in [1.82, 2.24) is 9.97 Å². The van der Waals surface area contributed by atoms with Crippen molar-refractivity contribution in [2.45, 2.75) is 138 Å². The first-order valence-electron chi connectivity index (χ1n) is 25.6. The number of allylic oxidation sites excluding steroid dienone is 9. The number of hydrogen-bond donors (Lipinski definition) is 1. The van der Waals surface area contributed by atoms with Gasteiger partial charge in [0.1, 0.15) is 0 Å². The molecule has 9 unspecified atom stereocenters. The lowest BCUT2D eigenvalue weighted by Gasteiger charge is -2.54. The Morgan fingerprint density at radius 3 is 2.03 bits per heavy atom. The van der Waals surface area contributed by atoms with Gasteiger partial charge in [-0.15, -0.1) is 12.6 Å². The van der Waals surface area contributed by atoms with Crippen molar-refractivity contribution in [2.24, 2.45) is 23.7 Å². The van der Waals surface area contributed by atoms with Crippen LogP contribution in [0.5, 0.6) is 0 Å². The van der Waals surface area contributed by atoms with Gasteiger partial charge in [0, 0.05) is 54.1 Å². The lowest BCUT2D eigenvalue weighted by molar-refractivity contribution is 0.198. The van der Waals surface area contributed by atoms with Gasteiger partial charge in [-0.25, -0.2) is 0 Å². The zero-order valence-electron chi connectivity index (χ0n) is 41.7. The highest BCUT2D eigenvalue weighted by molar-refractivity contribution is 7.80. The molecule has 8 heteroatoms. The van der Waals surface area contributed by atoms with Gasteiger partial charge in [0.05, 0.1) is 52.0 Å². The maximum Gasteiger partial charge on any atom is 0.0775 e. The third kappa shape index (κ3) is 9.34. The number of benzene rings is 2. The lowest BCUT2D eigenvalue weighted by Crippen LogP contribution is -2.52. The molecule has 4 aromatic rings. The number of rotatable bonds is 11. The third-order valence-electron chi connectivity index (χ3n) is 16.8. The SMILES string of the molecule is C[Si](C)(C)c1ccc(N(c2cncc(C3C=CC([Si](C)(C)C)CC3)c2)C2CCC3C=CC4C5C(=CC=C2C35)C=CC4N(C2=CCC([Si](C)(C)C)CC2)c2cncc(-c3ccc(S)cc3)c2)cc1. The molecular formula is C59H74N4SSi3. The van der Waals surface area contributed by atoms with Crippen molar-refractivity contribution in [3.05, 3.63) is 163 Å². The Kier molecular flexibility index (Phi) is 12.7. The third-order valence-corrected chi connectivity index (χ3v) is 24.8. The summed E-state index contributed by atoms with van der Waals surface area (Å²) in [6.45, 7) is 22.6. The molecule has 0 saturated heterocycles. The van der Waals surface area contributed by atoms with Crippen molar-refractivity contribution < 1.29 is 0 Å². The Morgan fingerprint density at radius 1 is 0.612 bits per heavy atom. The Labute approximate surface area is 411 Å². The molecule has 0 spiro atoms. The predicted molar refractivity (Wildman–Crippen MR) is 298 cm³/mol. The molecule has 2 aromatic heterocycles. The summed E-state index contributed by atoms with van der Waals surface area (Å²) in [5.74, 6) is 2.10. The predicted octanol–water partition coefficient (Wildman–Crippen LogP) is 15.5. The molecule has 348 valence electrons. The molecule has 0 N–H and O–H groups in total. The molecule has 0 radical (unpaired) electrons. The summed E-state index contributed by atoms with van der Waals surface area (Å²) in [6, 6.07) is 23.6. The van der Waals surface area contributed by atoms with Crippen LogP contribution >= 0.6 is 12.6 Å². The molecular weight excluding hydrogens is 881 g/mol. The van der Waals surface area contributed by atoms with Crippen LogP contribution in [0.25, 0.3) is 11.1 Å². The summed E-state index contributed by atoms with van der Waals surface area (Å²) >= 11 is 4.60. The van der Waals surface area contributed by atoms with E-state index in [1.165, 1.54) is 76.8 Å². The van der Waals surface area contributed by atoms with E-state index in [1.807, 2.05) is 6.20 Å². The van der Waals surface area contributed by atoms with Crippen LogP contribution in [0.3, 0.4) is 0 Å². The monoisotopic (exact) mass is 954 g/mol. The highest BCUT2D eigenvalue weighted by Crippen LogP contribution is 2.56. The fourth-order valence-corrected chi connectivity index (χ4v) is 17.6. The minimum absolute atomic E-state index is 0.181.